The average Bonchev–Trinajstić information content (AvgIpc) is 2.95. The van der Waals surface area contributed by atoms with Gasteiger partial charge in [-0.2, -0.15) is 13.9 Å². The minimum atomic E-state index is -2.96. The quantitative estimate of drug-likeness (QED) is 0.0774. The highest BCUT2D eigenvalue weighted by Gasteiger charge is 2.26. The summed E-state index contributed by atoms with van der Waals surface area (Å²) in [7, 11) is 0. The summed E-state index contributed by atoms with van der Waals surface area (Å²) in [6.07, 6.45) is 7.37. The number of nitrogens with one attached hydrogen (secondary N) is 2. The van der Waals surface area contributed by atoms with E-state index in [1.54, 1.807) is 30.6 Å². The van der Waals surface area contributed by atoms with Gasteiger partial charge in [-0.3, -0.25) is 9.97 Å². The minimum absolute atomic E-state index is 0.0896. The summed E-state index contributed by atoms with van der Waals surface area (Å²) >= 11 is 1.10. The van der Waals surface area contributed by atoms with Gasteiger partial charge in [-0.25, -0.2) is 19.8 Å². The summed E-state index contributed by atoms with van der Waals surface area (Å²) in [5, 5.41) is 7.25. The molecule has 5 rings (SSSR count). The zero-order valence-corrected chi connectivity index (χ0v) is 23.1. The number of alkyl halides is 3. The number of anilines is 3. The summed E-state index contributed by atoms with van der Waals surface area (Å²) in [6.45, 7) is 1.86. The SMILES string of the molecule is Cc1cc(/C=N/Nc2ncc(F)c(-c3cncc(-c4ccccc4)c3)n2)ncc1Nc1cccc(C(F)(F)I)c1. The molecule has 7 nitrogen and oxygen atoms in total. The Hall–Kier alpha value is -4.39. The highest BCUT2D eigenvalue weighted by Crippen LogP contribution is 2.36. The second-order valence-electron chi connectivity index (χ2n) is 8.72. The normalized spacial score (nSPS) is 11.5. The first-order valence-corrected chi connectivity index (χ1v) is 13.1. The van der Waals surface area contributed by atoms with Crippen molar-refractivity contribution in [2.75, 3.05) is 10.7 Å². The van der Waals surface area contributed by atoms with E-state index < -0.39 is 9.75 Å². The van der Waals surface area contributed by atoms with E-state index in [1.807, 2.05) is 43.3 Å². The highest BCUT2D eigenvalue weighted by molar-refractivity contribution is 14.1. The fourth-order valence-corrected chi connectivity index (χ4v) is 4.18. The van der Waals surface area contributed by atoms with E-state index in [4.69, 9.17) is 0 Å². The molecular formula is C29H21F3IN7. The topological polar surface area (TPSA) is 88.0 Å². The van der Waals surface area contributed by atoms with Crippen LogP contribution in [0.5, 0.6) is 0 Å². The number of halogens is 4. The molecule has 200 valence electrons. The molecule has 0 amide bonds. The van der Waals surface area contributed by atoms with Gasteiger partial charge in [0.1, 0.15) is 5.69 Å². The number of nitrogens with zero attached hydrogens (tertiary/aromatic N) is 5. The summed E-state index contributed by atoms with van der Waals surface area (Å²) < 4.78 is 39.0. The van der Waals surface area contributed by atoms with Gasteiger partial charge in [-0.05, 0) is 42.3 Å². The molecule has 0 saturated heterocycles. The summed E-state index contributed by atoms with van der Waals surface area (Å²) in [4.78, 5) is 16.8. The third-order valence-electron chi connectivity index (χ3n) is 5.83. The lowest BCUT2D eigenvalue weighted by Gasteiger charge is -2.13. The van der Waals surface area contributed by atoms with E-state index in [9.17, 15) is 13.2 Å². The van der Waals surface area contributed by atoms with E-state index in [0.717, 1.165) is 45.5 Å². The Balaban J connectivity index is 1.29. The van der Waals surface area contributed by atoms with Crippen LogP contribution in [0.3, 0.4) is 0 Å². The van der Waals surface area contributed by atoms with Crippen LogP contribution in [0.15, 0.2) is 96.6 Å². The van der Waals surface area contributed by atoms with E-state index in [1.165, 1.54) is 24.5 Å². The lowest BCUT2D eigenvalue weighted by Crippen LogP contribution is -2.03. The molecule has 0 aliphatic heterocycles. The van der Waals surface area contributed by atoms with Crippen molar-refractivity contribution in [2.45, 2.75) is 10.9 Å². The molecule has 3 heterocycles. The molecule has 3 aromatic heterocycles. The molecule has 0 bridgehead atoms. The lowest BCUT2D eigenvalue weighted by atomic mass is 10.0. The maximum Gasteiger partial charge on any atom is 0.321 e. The summed E-state index contributed by atoms with van der Waals surface area (Å²) in [6, 6.07) is 19.3. The molecule has 0 spiro atoms. The van der Waals surface area contributed by atoms with Crippen molar-refractivity contribution >= 4 is 46.1 Å². The molecule has 0 unspecified atom stereocenters. The number of hydrogen-bond donors (Lipinski definition) is 2. The molecule has 2 aromatic carbocycles. The van der Waals surface area contributed by atoms with Crippen LogP contribution in [0, 0.1) is 12.7 Å². The smallest absolute Gasteiger partial charge is 0.321 e. The Morgan fingerprint density at radius 3 is 2.45 bits per heavy atom. The third kappa shape index (κ3) is 6.60. The van der Waals surface area contributed by atoms with Crippen LogP contribution in [-0.2, 0) is 3.93 Å². The van der Waals surface area contributed by atoms with Gasteiger partial charge in [0.2, 0.25) is 5.95 Å². The van der Waals surface area contributed by atoms with Gasteiger partial charge >= 0.3 is 3.93 Å². The van der Waals surface area contributed by atoms with Crippen molar-refractivity contribution in [3.63, 3.8) is 0 Å². The number of aryl methyl sites for hydroxylation is 1. The highest BCUT2D eigenvalue weighted by atomic mass is 127. The molecule has 0 fully saturated rings. The number of hydrogen-bond acceptors (Lipinski definition) is 7. The van der Waals surface area contributed by atoms with Crippen molar-refractivity contribution < 1.29 is 13.2 Å². The first-order chi connectivity index (χ1) is 19.3. The van der Waals surface area contributed by atoms with Gasteiger partial charge < -0.3 is 5.32 Å². The molecule has 11 heteroatoms. The fraction of sp³-hybridized carbons (Fsp3) is 0.0690. The third-order valence-corrected chi connectivity index (χ3v) is 6.45. The molecule has 0 radical (unpaired) electrons. The maximum atomic E-state index is 14.6. The van der Waals surface area contributed by atoms with Crippen molar-refractivity contribution in [1.82, 2.24) is 19.9 Å². The zero-order valence-electron chi connectivity index (χ0n) is 21.0. The molecule has 0 aliphatic carbocycles. The van der Waals surface area contributed by atoms with Crippen molar-refractivity contribution in [1.29, 1.82) is 0 Å². The Kier molecular flexibility index (Phi) is 8.01. The van der Waals surface area contributed by atoms with Crippen LogP contribution < -0.4 is 10.7 Å². The van der Waals surface area contributed by atoms with Crippen molar-refractivity contribution in [3.05, 3.63) is 114 Å². The predicted molar refractivity (Wildman–Crippen MR) is 158 cm³/mol. The number of benzene rings is 2. The number of aromatic nitrogens is 4. The van der Waals surface area contributed by atoms with Crippen molar-refractivity contribution in [3.8, 4) is 22.4 Å². The molecule has 0 aliphatic rings. The van der Waals surface area contributed by atoms with Gasteiger partial charge in [-0.1, -0.05) is 42.5 Å². The Morgan fingerprint density at radius 1 is 0.875 bits per heavy atom. The van der Waals surface area contributed by atoms with Crippen LogP contribution in [0.1, 0.15) is 16.8 Å². The van der Waals surface area contributed by atoms with Crippen LogP contribution in [-0.4, -0.2) is 26.2 Å². The first kappa shape index (κ1) is 27.2. The van der Waals surface area contributed by atoms with E-state index in [-0.39, 0.29) is 17.2 Å². The number of hydrazone groups is 1. The lowest BCUT2D eigenvalue weighted by molar-refractivity contribution is 0.127. The molecular weight excluding hydrogens is 630 g/mol. The molecule has 2 N–H and O–H groups in total. The Bertz CT molecular complexity index is 1670. The fourth-order valence-electron chi connectivity index (χ4n) is 3.85. The van der Waals surface area contributed by atoms with Gasteiger partial charge in [-0.15, -0.1) is 0 Å². The second kappa shape index (κ2) is 11.8. The zero-order chi connectivity index (χ0) is 28.1. The summed E-state index contributed by atoms with van der Waals surface area (Å²) in [5.41, 5.74) is 7.53. The number of pyridine rings is 2. The largest absolute Gasteiger partial charge is 0.354 e. The summed E-state index contributed by atoms with van der Waals surface area (Å²) in [5.74, 6) is -0.491. The predicted octanol–water partition coefficient (Wildman–Crippen LogP) is 7.72. The Labute approximate surface area is 241 Å². The molecule has 5 aromatic rings. The minimum Gasteiger partial charge on any atom is -0.354 e. The average molecular weight is 651 g/mol. The van der Waals surface area contributed by atoms with Gasteiger partial charge in [0, 0.05) is 57.4 Å². The van der Waals surface area contributed by atoms with E-state index >= 15 is 0 Å². The van der Waals surface area contributed by atoms with Crippen LogP contribution in [0.4, 0.5) is 30.5 Å². The van der Waals surface area contributed by atoms with Gasteiger partial charge in [0.05, 0.1) is 30.0 Å². The first-order valence-electron chi connectivity index (χ1n) is 12.0. The van der Waals surface area contributed by atoms with E-state index in [0.29, 0.717) is 22.6 Å². The van der Waals surface area contributed by atoms with E-state index in [2.05, 4.69) is 35.8 Å². The standard InChI is InChI=1S/C29H21F3IN7/c1-18-10-24(35-17-26(18)38-23-9-5-8-22(12-23)29(31,32)33)15-37-40-28-36-16-25(30)27(39-28)21-11-20(13-34-14-21)19-6-3-2-4-7-19/h2-17,38H,1H3,(H,36,39,40)/b37-15+. The monoisotopic (exact) mass is 651 g/mol. The van der Waals surface area contributed by atoms with Crippen LogP contribution >= 0.6 is 22.6 Å². The van der Waals surface area contributed by atoms with Crippen molar-refractivity contribution in [2.24, 2.45) is 5.10 Å². The molecule has 0 atom stereocenters. The maximum absolute atomic E-state index is 14.6. The second-order valence-corrected chi connectivity index (χ2v) is 10.1. The van der Waals surface area contributed by atoms with Gasteiger partial charge in [0.25, 0.3) is 0 Å². The number of rotatable bonds is 8. The molecule has 0 saturated carbocycles. The van der Waals surface area contributed by atoms with Crippen LogP contribution in [0.25, 0.3) is 22.4 Å². The van der Waals surface area contributed by atoms with Gasteiger partial charge in [0.15, 0.2) is 5.82 Å². The van der Waals surface area contributed by atoms with Crippen LogP contribution in [0.2, 0.25) is 0 Å². The molecule has 40 heavy (non-hydrogen) atoms. The Morgan fingerprint density at radius 2 is 1.68 bits per heavy atom.